The largest absolute Gasteiger partial charge is 0.177 e. The highest BCUT2D eigenvalue weighted by atomic mass is 15.5. The molecule has 0 saturated carbocycles. The van der Waals surface area contributed by atoms with Gasteiger partial charge in [0.05, 0.1) is 0 Å². The number of hydrogen-bond donors (Lipinski definition) is 1. The summed E-state index contributed by atoms with van der Waals surface area (Å²) in [6.07, 6.45) is 2.64. The van der Waals surface area contributed by atoms with Gasteiger partial charge in [-0.15, -0.1) is 10.2 Å². The molecule has 0 unspecified atom stereocenters. The van der Waals surface area contributed by atoms with Crippen molar-refractivity contribution in [1.29, 1.82) is 0 Å². The van der Waals surface area contributed by atoms with Crippen LogP contribution in [-0.2, 0) is 0 Å². The van der Waals surface area contributed by atoms with Crippen LogP contribution >= 0.6 is 0 Å². The Labute approximate surface area is 94.9 Å². The minimum Gasteiger partial charge on any atom is -0.177 e. The molecule has 1 rings (SSSR count). The van der Waals surface area contributed by atoms with Crippen molar-refractivity contribution in [3.8, 4) is 0 Å². The van der Waals surface area contributed by atoms with Gasteiger partial charge in [0.2, 0.25) is 0 Å². The smallest absolute Gasteiger partial charge is 0.161 e. The number of nitrogens with one attached hydrogen (secondary N) is 1. The summed E-state index contributed by atoms with van der Waals surface area (Å²) in [5.41, 5.74) is 0. The van der Waals surface area contributed by atoms with Crippen LogP contribution in [0.3, 0.4) is 0 Å². The zero-order valence-corrected chi connectivity index (χ0v) is 10.3. The third kappa shape index (κ3) is 43.5. The van der Waals surface area contributed by atoms with Crippen LogP contribution in [0.25, 0.3) is 0 Å². The van der Waals surface area contributed by atoms with Gasteiger partial charge in [0, 0.05) is 0 Å². The summed E-state index contributed by atoms with van der Waals surface area (Å²) in [6.45, 7) is 13.1. The maximum absolute atomic E-state index is 3.38. The zero-order valence-electron chi connectivity index (χ0n) is 10.3. The molecule has 0 aromatic carbocycles. The van der Waals surface area contributed by atoms with Crippen molar-refractivity contribution in [2.45, 2.75) is 55.4 Å². The van der Waals surface area contributed by atoms with Crippen LogP contribution < -0.4 is 0 Å². The summed E-state index contributed by atoms with van der Waals surface area (Å²) in [4.78, 5) is 0. The summed E-state index contributed by atoms with van der Waals surface area (Å²) >= 11 is 0. The fraction of sp³-hybridized carbons (Fsp3) is 0.909. The number of aromatic nitrogens is 4. The van der Waals surface area contributed by atoms with Crippen molar-refractivity contribution in [2.24, 2.45) is 11.8 Å². The summed E-state index contributed by atoms with van der Waals surface area (Å²) in [5.74, 6) is 1.72. The molecule has 0 bridgehead atoms. The Morgan fingerprint density at radius 3 is 1.60 bits per heavy atom. The van der Waals surface area contributed by atoms with Gasteiger partial charge >= 0.3 is 0 Å². The quantitative estimate of drug-likeness (QED) is 0.781. The first-order chi connectivity index (χ1) is 6.50. The second-order valence-electron chi connectivity index (χ2n) is 4.09. The maximum atomic E-state index is 3.38. The fourth-order valence-electron chi connectivity index (χ4n) is 0.129. The lowest BCUT2D eigenvalue weighted by molar-refractivity contribution is 0.626. The number of tetrazole rings is 1. The molecule has 0 fully saturated rings. The van der Waals surface area contributed by atoms with E-state index in [9.17, 15) is 0 Å². The highest BCUT2D eigenvalue weighted by Gasteiger charge is 1.80. The molecule has 0 aliphatic carbocycles. The topological polar surface area (TPSA) is 54.5 Å². The molecule has 1 N–H and O–H groups in total. The van der Waals surface area contributed by atoms with E-state index in [0.29, 0.717) is 0 Å². The molecule has 4 nitrogen and oxygen atoms in total. The summed E-state index contributed by atoms with van der Waals surface area (Å²) in [5, 5.41) is 12.2. The number of nitrogens with zero attached hydrogens (tertiary/aromatic N) is 3. The minimum absolute atomic E-state index is 0. The van der Waals surface area contributed by atoms with Crippen LogP contribution in [-0.4, -0.2) is 20.6 Å². The summed E-state index contributed by atoms with van der Waals surface area (Å²) < 4.78 is 0. The number of hydrogen-bond acceptors (Lipinski definition) is 3. The van der Waals surface area contributed by atoms with Gasteiger partial charge in [0.15, 0.2) is 6.33 Å². The first-order valence-electron chi connectivity index (χ1n) is 5.17. The third-order valence-electron chi connectivity index (χ3n) is 1.09. The molecule has 92 valence electrons. The maximum Gasteiger partial charge on any atom is 0.161 e. The molecule has 4 heteroatoms. The van der Waals surface area contributed by atoms with Crippen LogP contribution in [0.2, 0.25) is 0 Å². The molecule has 1 aromatic rings. The van der Waals surface area contributed by atoms with E-state index >= 15 is 0 Å². The molecule has 0 amide bonds. The predicted molar refractivity (Wildman–Crippen MR) is 66.5 cm³/mol. The Balaban J connectivity index is -0.000000141. The van der Waals surface area contributed by atoms with Crippen LogP contribution in [0.1, 0.15) is 55.4 Å². The Hall–Kier alpha value is -0.930. The number of rotatable bonds is 1. The molecule has 0 spiro atoms. The van der Waals surface area contributed by atoms with Gasteiger partial charge in [-0.3, -0.25) is 0 Å². The van der Waals surface area contributed by atoms with Crippen molar-refractivity contribution < 1.29 is 0 Å². The van der Waals surface area contributed by atoms with Gasteiger partial charge in [-0.25, -0.2) is 0 Å². The molecule has 0 saturated heterocycles. The third-order valence-corrected chi connectivity index (χ3v) is 1.09. The zero-order chi connectivity index (χ0) is 11.4. The van der Waals surface area contributed by atoms with Gasteiger partial charge in [-0.1, -0.05) is 60.6 Å². The van der Waals surface area contributed by atoms with E-state index in [4.69, 9.17) is 0 Å². The Bertz CT molecular complexity index is 139. The highest BCUT2D eigenvalue weighted by Crippen LogP contribution is 1.93. The first-order valence-corrected chi connectivity index (χ1v) is 5.17. The van der Waals surface area contributed by atoms with E-state index in [1.54, 1.807) is 0 Å². The monoisotopic (exact) mass is 216 g/mol. The lowest BCUT2D eigenvalue weighted by atomic mass is 10.2. The van der Waals surface area contributed by atoms with Gasteiger partial charge < -0.3 is 0 Å². The number of aromatic amines is 1. The van der Waals surface area contributed by atoms with E-state index in [-0.39, 0.29) is 7.43 Å². The van der Waals surface area contributed by atoms with Crippen LogP contribution in [0.5, 0.6) is 0 Å². The van der Waals surface area contributed by atoms with Gasteiger partial charge in [0.25, 0.3) is 0 Å². The molecule has 15 heavy (non-hydrogen) atoms. The molecule has 1 heterocycles. The Morgan fingerprint density at radius 1 is 1.13 bits per heavy atom. The average molecular weight is 216 g/mol. The van der Waals surface area contributed by atoms with Crippen LogP contribution in [0, 0.1) is 11.8 Å². The molecule has 1 aromatic heterocycles. The van der Waals surface area contributed by atoms with Crippen molar-refractivity contribution in [1.82, 2.24) is 20.6 Å². The van der Waals surface area contributed by atoms with Gasteiger partial charge in [-0.2, -0.15) is 5.21 Å². The van der Waals surface area contributed by atoms with E-state index in [0.717, 1.165) is 11.8 Å². The van der Waals surface area contributed by atoms with E-state index in [1.807, 2.05) is 0 Å². The van der Waals surface area contributed by atoms with E-state index < -0.39 is 0 Å². The molecular formula is C11H28N4. The number of H-pyrrole nitrogens is 1. The average Bonchev–Trinajstić information content (AvgIpc) is 2.59. The van der Waals surface area contributed by atoms with Crippen molar-refractivity contribution >= 4 is 0 Å². The summed E-state index contributed by atoms with van der Waals surface area (Å²) in [7, 11) is 0. The first kappa shape index (κ1) is 19.6. The SMILES string of the molecule is C.CC(C)C.CCC(C)C.c1nn[nH]n1. The molecular weight excluding hydrogens is 188 g/mol. The molecule has 0 radical (unpaired) electrons. The summed E-state index contributed by atoms with van der Waals surface area (Å²) in [6, 6.07) is 0. The van der Waals surface area contributed by atoms with Gasteiger partial charge in [0.1, 0.15) is 0 Å². The highest BCUT2D eigenvalue weighted by molar-refractivity contribution is 4.32. The Morgan fingerprint density at radius 2 is 1.53 bits per heavy atom. The second-order valence-corrected chi connectivity index (χ2v) is 4.09. The van der Waals surface area contributed by atoms with Crippen LogP contribution in [0.15, 0.2) is 6.33 Å². The lowest BCUT2D eigenvalue weighted by Crippen LogP contribution is -1.77. The van der Waals surface area contributed by atoms with E-state index in [2.05, 4.69) is 62.2 Å². The van der Waals surface area contributed by atoms with Crippen LogP contribution in [0.4, 0.5) is 0 Å². The molecule has 0 aliphatic heterocycles. The molecule has 0 atom stereocenters. The second kappa shape index (κ2) is 15.5. The van der Waals surface area contributed by atoms with Crippen molar-refractivity contribution in [3.05, 3.63) is 6.33 Å². The Kier molecular flexibility index (Phi) is 20.3. The molecule has 0 aliphatic rings. The minimum atomic E-state index is 0. The predicted octanol–water partition coefficient (Wildman–Crippen LogP) is 3.55. The standard InChI is InChI=1S/C5H12.C4H10.CH2N4.CH4/c1-4-5(2)3;1-4(2)3;1-2-4-5-3-1;/h5H,4H2,1-3H3;4H,1-3H3;1H,(H,2,3,4,5);1H4. The van der Waals surface area contributed by atoms with Gasteiger partial charge in [-0.05, 0) is 11.8 Å². The fourth-order valence-corrected chi connectivity index (χ4v) is 0.129. The van der Waals surface area contributed by atoms with Crippen molar-refractivity contribution in [3.63, 3.8) is 0 Å². The normalized spacial score (nSPS) is 8.27. The van der Waals surface area contributed by atoms with E-state index in [1.165, 1.54) is 12.7 Å². The lowest BCUT2D eigenvalue weighted by Gasteiger charge is -1.90. The van der Waals surface area contributed by atoms with Crippen molar-refractivity contribution in [2.75, 3.05) is 0 Å².